The fourth-order valence-corrected chi connectivity index (χ4v) is 4.20. The van der Waals surface area contributed by atoms with E-state index >= 15 is 0 Å². The van der Waals surface area contributed by atoms with Crippen molar-refractivity contribution in [3.8, 4) is 11.1 Å². The molecule has 2 amide bonds. The highest BCUT2D eigenvalue weighted by Gasteiger charge is 2.37. The van der Waals surface area contributed by atoms with E-state index < -0.39 is 23.6 Å². The normalized spacial score (nSPS) is 18.4. The molecule has 1 N–H and O–H groups in total. The number of hydrogen-bond donors (Lipinski definition) is 1. The van der Waals surface area contributed by atoms with E-state index in [2.05, 4.69) is 5.32 Å². The molecule has 180 valence electrons. The molecule has 0 aromatic heterocycles. The number of piperidine rings is 1. The minimum Gasteiger partial charge on any atom is -0.465 e. The molecule has 1 saturated carbocycles. The maximum atomic E-state index is 13.1. The zero-order valence-electron chi connectivity index (χ0n) is 18.7. The van der Waals surface area contributed by atoms with Crippen LogP contribution in [0, 0.1) is 11.8 Å². The average molecular weight is 474 g/mol. The second-order valence-corrected chi connectivity index (χ2v) is 8.72. The molecule has 1 atom stereocenters. The molecular formula is C25H25F3N2O4. The number of likely N-dealkylation sites (tertiary alicyclic amines) is 1. The van der Waals surface area contributed by atoms with Crippen LogP contribution in [0.4, 0.5) is 18.9 Å². The van der Waals surface area contributed by atoms with Gasteiger partial charge in [0.15, 0.2) is 0 Å². The number of nitrogens with zero attached hydrogens (tertiary/aromatic N) is 1. The third-order valence-corrected chi connectivity index (χ3v) is 6.24. The number of methoxy groups -OCH3 is 1. The highest BCUT2D eigenvalue weighted by atomic mass is 19.4. The highest BCUT2D eigenvalue weighted by molar-refractivity contribution is 6.03. The van der Waals surface area contributed by atoms with Crippen LogP contribution >= 0.6 is 0 Å². The van der Waals surface area contributed by atoms with E-state index in [0.717, 1.165) is 31.4 Å². The number of hydrogen-bond acceptors (Lipinski definition) is 4. The van der Waals surface area contributed by atoms with Crippen LogP contribution in [0.2, 0.25) is 0 Å². The Bertz CT molecular complexity index is 1110. The van der Waals surface area contributed by atoms with Crippen molar-refractivity contribution in [3.05, 3.63) is 53.6 Å². The summed E-state index contributed by atoms with van der Waals surface area (Å²) in [5, 5.41) is 2.76. The van der Waals surface area contributed by atoms with Gasteiger partial charge in [-0.05, 0) is 61.1 Å². The number of halogens is 3. The molecule has 2 fully saturated rings. The van der Waals surface area contributed by atoms with Gasteiger partial charge < -0.3 is 15.0 Å². The van der Waals surface area contributed by atoms with Crippen molar-refractivity contribution in [1.82, 2.24) is 4.90 Å². The smallest absolute Gasteiger partial charge is 0.416 e. The summed E-state index contributed by atoms with van der Waals surface area (Å²) in [5.41, 5.74) is 0.0954. The second kappa shape index (κ2) is 9.48. The first kappa shape index (κ1) is 23.8. The first-order valence-corrected chi connectivity index (χ1v) is 11.2. The fraction of sp³-hybridized carbons (Fsp3) is 0.400. The van der Waals surface area contributed by atoms with Gasteiger partial charge in [0.05, 0.1) is 29.8 Å². The second-order valence-electron chi connectivity index (χ2n) is 8.72. The predicted octanol–water partition coefficient (Wildman–Crippen LogP) is 4.75. The van der Waals surface area contributed by atoms with Crippen LogP contribution in [0.25, 0.3) is 11.1 Å². The summed E-state index contributed by atoms with van der Waals surface area (Å²) in [5.74, 6) is -1.28. The number of ether oxygens (including phenoxy) is 1. The van der Waals surface area contributed by atoms with Crippen molar-refractivity contribution < 1.29 is 32.3 Å². The standard InChI is InChI=1S/C25H25F3N2O4/c1-34-24(33)20-13-17(16-4-2-6-19(12-16)25(26,27)28)9-10-21(20)29-22(31)18-5-3-11-30(14-18)23(32)15-7-8-15/h2,4,6,9-10,12-13,15,18H,3,5,7-8,11,14H2,1H3,(H,29,31). The molecule has 0 radical (unpaired) electrons. The molecule has 34 heavy (non-hydrogen) atoms. The number of benzene rings is 2. The lowest BCUT2D eigenvalue weighted by Crippen LogP contribution is -2.44. The Hall–Kier alpha value is -3.36. The number of carbonyl (C=O) groups excluding carboxylic acids is 3. The Morgan fingerprint density at radius 1 is 1.00 bits per heavy atom. The number of anilines is 1. The fourth-order valence-electron chi connectivity index (χ4n) is 4.20. The summed E-state index contributed by atoms with van der Waals surface area (Å²) in [6, 6.07) is 9.21. The molecular weight excluding hydrogens is 449 g/mol. The van der Waals surface area contributed by atoms with Crippen LogP contribution in [0.15, 0.2) is 42.5 Å². The van der Waals surface area contributed by atoms with Gasteiger partial charge in [-0.2, -0.15) is 13.2 Å². The Balaban J connectivity index is 1.55. The Morgan fingerprint density at radius 2 is 1.74 bits per heavy atom. The number of nitrogens with one attached hydrogen (secondary N) is 1. The van der Waals surface area contributed by atoms with Gasteiger partial charge in [0.1, 0.15) is 0 Å². The molecule has 1 unspecified atom stereocenters. The third kappa shape index (κ3) is 5.24. The summed E-state index contributed by atoms with van der Waals surface area (Å²) in [4.78, 5) is 39.5. The number of esters is 1. The molecule has 9 heteroatoms. The van der Waals surface area contributed by atoms with Crippen LogP contribution in [-0.4, -0.2) is 42.9 Å². The molecule has 1 saturated heterocycles. The van der Waals surface area contributed by atoms with Crippen molar-refractivity contribution in [1.29, 1.82) is 0 Å². The van der Waals surface area contributed by atoms with E-state index in [4.69, 9.17) is 4.74 Å². The predicted molar refractivity (Wildman–Crippen MR) is 119 cm³/mol. The molecule has 1 aliphatic carbocycles. The summed E-state index contributed by atoms with van der Waals surface area (Å²) in [6.45, 7) is 0.968. The zero-order valence-corrected chi connectivity index (χ0v) is 18.7. The number of amides is 2. The average Bonchev–Trinajstić information content (AvgIpc) is 3.68. The molecule has 2 aromatic rings. The van der Waals surface area contributed by atoms with Crippen LogP contribution < -0.4 is 5.32 Å². The molecule has 0 bridgehead atoms. The number of rotatable bonds is 5. The van der Waals surface area contributed by atoms with Crippen molar-refractivity contribution in [2.75, 3.05) is 25.5 Å². The van der Waals surface area contributed by atoms with Gasteiger partial charge in [-0.1, -0.05) is 18.2 Å². The van der Waals surface area contributed by atoms with E-state index in [9.17, 15) is 27.6 Å². The lowest BCUT2D eigenvalue weighted by molar-refractivity contribution is -0.138. The van der Waals surface area contributed by atoms with Crippen molar-refractivity contribution in [2.45, 2.75) is 31.9 Å². The van der Waals surface area contributed by atoms with Crippen molar-refractivity contribution in [2.24, 2.45) is 11.8 Å². The summed E-state index contributed by atoms with van der Waals surface area (Å²) in [6.07, 6.45) is -1.37. The van der Waals surface area contributed by atoms with Crippen molar-refractivity contribution >= 4 is 23.5 Å². The first-order valence-electron chi connectivity index (χ1n) is 11.2. The SMILES string of the molecule is COC(=O)c1cc(-c2cccc(C(F)(F)F)c2)ccc1NC(=O)C1CCCN(C(=O)C2CC2)C1. The van der Waals surface area contributed by atoms with Gasteiger partial charge in [-0.25, -0.2) is 4.79 Å². The van der Waals surface area contributed by atoms with Gasteiger partial charge in [0.25, 0.3) is 0 Å². The minimum absolute atomic E-state index is 0.0347. The molecule has 6 nitrogen and oxygen atoms in total. The van der Waals surface area contributed by atoms with E-state index in [-0.39, 0.29) is 34.5 Å². The molecule has 2 aliphatic rings. The first-order chi connectivity index (χ1) is 16.2. The lowest BCUT2D eigenvalue weighted by atomic mass is 9.96. The van der Waals surface area contributed by atoms with E-state index in [1.54, 1.807) is 11.0 Å². The van der Waals surface area contributed by atoms with Crippen LogP contribution in [-0.2, 0) is 20.5 Å². The summed E-state index contributed by atoms with van der Waals surface area (Å²) < 4.78 is 44.2. The highest BCUT2D eigenvalue weighted by Crippen LogP contribution is 2.34. The Kier molecular flexibility index (Phi) is 6.63. The van der Waals surface area contributed by atoms with Crippen LogP contribution in [0.1, 0.15) is 41.6 Å². The van der Waals surface area contributed by atoms with Crippen LogP contribution in [0.5, 0.6) is 0 Å². The van der Waals surface area contributed by atoms with Gasteiger partial charge in [-0.15, -0.1) is 0 Å². The largest absolute Gasteiger partial charge is 0.465 e. The quantitative estimate of drug-likeness (QED) is 0.635. The van der Waals surface area contributed by atoms with Crippen molar-refractivity contribution in [3.63, 3.8) is 0 Å². The maximum Gasteiger partial charge on any atom is 0.416 e. The van der Waals surface area contributed by atoms with Gasteiger partial charge in [-0.3, -0.25) is 9.59 Å². The number of alkyl halides is 3. The molecule has 4 rings (SSSR count). The van der Waals surface area contributed by atoms with E-state index in [1.165, 1.54) is 31.4 Å². The molecule has 1 aliphatic heterocycles. The molecule has 2 aromatic carbocycles. The van der Waals surface area contributed by atoms with Crippen LogP contribution in [0.3, 0.4) is 0 Å². The summed E-state index contributed by atoms with van der Waals surface area (Å²) >= 11 is 0. The number of carbonyl (C=O) groups is 3. The Labute approximate surface area is 195 Å². The molecule has 1 heterocycles. The summed E-state index contributed by atoms with van der Waals surface area (Å²) in [7, 11) is 1.19. The van der Waals surface area contributed by atoms with Gasteiger partial charge >= 0.3 is 12.1 Å². The van der Waals surface area contributed by atoms with E-state index in [0.29, 0.717) is 25.1 Å². The minimum atomic E-state index is -4.50. The third-order valence-electron chi connectivity index (χ3n) is 6.24. The topological polar surface area (TPSA) is 75.7 Å². The monoisotopic (exact) mass is 474 g/mol. The lowest BCUT2D eigenvalue weighted by Gasteiger charge is -2.32. The zero-order chi connectivity index (χ0) is 24.5. The maximum absolute atomic E-state index is 13.1. The van der Waals surface area contributed by atoms with Gasteiger partial charge in [0.2, 0.25) is 11.8 Å². The molecule has 0 spiro atoms. The van der Waals surface area contributed by atoms with E-state index in [1.807, 2.05) is 0 Å². The Morgan fingerprint density at radius 3 is 2.41 bits per heavy atom. The van der Waals surface area contributed by atoms with Gasteiger partial charge in [0, 0.05) is 19.0 Å².